The number of halogens is 1. The Morgan fingerprint density at radius 1 is 1.24 bits per heavy atom. The quantitative estimate of drug-likeness (QED) is 0.669. The van der Waals surface area contributed by atoms with Crippen molar-refractivity contribution in [3.05, 3.63) is 53.8 Å². The zero-order valence-corrected chi connectivity index (χ0v) is 13.6. The summed E-state index contributed by atoms with van der Waals surface area (Å²) in [4.78, 5) is 17.2. The summed E-state index contributed by atoms with van der Waals surface area (Å²) in [6.45, 7) is 2.54. The van der Waals surface area contributed by atoms with Gasteiger partial charge in [-0.3, -0.25) is 4.79 Å². The molecule has 1 heterocycles. The van der Waals surface area contributed by atoms with E-state index in [-0.39, 0.29) is 11.7 Å². The van der Waals surface area contributed by atoms with Crippen LogP contribution in [0.25, 0.3) is 0 Å². The molecule has 0 aliphatic carbocycles. The minimum absolute atomic E-state index is 0.367. The van der Waals surface area contributed by atoms with E-state index in [0.29, 0.717) is 36.0 Å². The molecule has 0 spiro atoms. The molecule has 6 nitrogen and oxygen atoms in total. The minimum Gasteiger partial charge on any atom is -0.486 e. The van der Waals surface area contributed by atoms with Gasteiger partial charge < -0.3 is 19.6 Å². The van der Waals surface area contributed by atoms with Crippen molar-refractivity contribution >= 4 is 17.8 Å². The van der Waals surface area contributed by atoms with Crippen LogP contribution < -0.4 is 14.8 Å². The van der Waals surface area contributed by atoms with Gasteiger partial charge in [-0.1, -0.05) is 17.3 Å². The standard InChI is InChI=1S/C18H17FN2O4/c1-12(25-20-11-13-3-2-4-14(19)9-13)18(22)21-15-5-6-16-17(10-15)24-8-7-23-16/h2-6,9-12H,7-8H2,1H3,(H,21,22)/b20-11-/t12-/m1/s1. The largest absolute Gasteiger partial charge is 0.486 e. The Kier molecular flexibility index (Phi) is 5.13. The highest BCUT2D eigenvalue weighted by atomic mass is 19.1. The lowest BCUT2D eigenvalue weighted by Gasteiger charge is -2.19. The fraction of sp³-hybridized carbons (Fsp3) is 0.222. The van der Waals surface area contributed by atoms with Crippen LogP contribution in [0.2, 0.25) is 0 Å². The Morgan fingerprint density at radius 2 is 2.04 bits per heavy atom. The molecule has 1 amide bonds. The van der Waals surface area contributed by atoms with E-state index in [4.69, 9.17) is 14.3 Å². The number of nitrogens with zero attached hydrogens (tertiary/aromatic N) is 1. The van der Waals surface area contributed by atoms with Crippen LogP contribution in [0.15, 0.2) is 47.6 Å². The molecule has 0 aromatic heterocycles. The fourth-order valence-electron chi connectivity index (χ4n) is 2.18. The van der Waals surface area contributed by atoms with Crippen molar-refractivity contribution in [2.75, 3.05) is 18.5 Å². The monoisotopic (exact) mass is 344 g/mol. The lowest BCUT2D eigenvalue weighted by molar-refractivity contribution is -0.126. The molecule has 1 N–H and O–H groups in total. The fourth-order valence-corrected chi connectivity index (χ4v) is 2.18. The second-order valence-electron chi connectivity index (χ2n) is 5.38. The van der Waals surface area contributed by atoms with Crippen molar-refractivity contribution in [1.82, 2.24) is 0 Å². The average molecular weight is 344 g/mol. The Balaban J connectivity index is 1.55. The van der Waals surface area contributed by atoms with Crippen LogP contribution >= 0.6 is 0 Å². The van der Waals surface area contributed by atoms with Gasteiger partial charge in [0.2, 0.25) is 6.10 Å². The predicted molar refractivity (Wildman–Crippen MR) is 90.6 cm³/mol. The summed E-state index contributed by atoms with van der Waals surface area (Å²) in [6.07, 6.45) is 0.523. The number of rotatable bonds is 5. The molecule has 0 saturated carbocycles. The molecule has 130 valence electrons. The van der Waals surface area contributed by atoms with Crippen molar-refractivity contribution in [1.29, 1.82) is 0 Å². The molecule has 1 atom stereocenters. The van der Waals surface area contributed by atoms with Gasteiger partial charge in [0.1, 0.15) is 19.0 Å². The van der Waals surface area contributed by atoms with E-state index >= 15 is 0 Å². The van der Waals surface area contributed by atoms with E-state index in [1.54, 1.807) is 37.3 Å². The van der Waals surface area contributed by atoms with Gasteiger partial charge in [0.05, 0.1) is 6.21 Å². The number of hydrogen-bond acceptors (Lipinski definition) is 5. The van der Waals surface area contributed by atoms with Gasteiger partial charge in [-0.15, -0.1) is 0 Å². The van der Waals surface area contributed by atoms with Crippen LogP contribution in [0.1, 0.15) is 12.5 Å². The van der Waals surface area contributed by atoms with Crippen molar-refractivity contribution in [2.45, 2.75) is 13.0 Å². The van der Waals surface area contributed by atoms with E-state index < -0.39 is 6.10 Å². The van der Waals surface area contributed by atoms with Crippen LogP contribution in [0.3, 0.4) is 0 Å². The maximum atomic E-state index is 13.1. The zero-order valence-electron chi connectivity index (χ0n) is 13.6. The van der Waals surface area contributed by atoms with Crippen molar-refractivity contribution in [2.24, 2.45) is 5.16 Å². The molecule has 7 heteroatoms. The maximum Gasteiger partial charge on any atom is 0.267 e. The van der Waals surface area contributed by atoms with Crippen LogP contribution in [0, 0.1) is 5.82 Å². The molecule has 1 aliphatic heterocycles. The smallest absolute Gasteiger partial charge is 0.267 e. The summed E-state index contributed by atoms with van der Waals surface area (Å²) < 4.78 is 24.0. The Labute approximate surface area is 144 Å². The molecule has 0 unspecified atom stereocenters. The molecule has 2 aromatic carbocycles. The number of fused-ring (bicyclic) bond motifs is 1. The number of benzene rings is 2. The van der Waals surface area contributed by atoms with Crippen LogP contribution in [0.4, 0.5) is 10.1 Å². The Hall–Kier alpha value is -3.09. The number of hydrogen-bond donors (Lipinski definition) is 1. The van der Waals surface area contributed by atoms with Crippen LogP contribution in [-0.4, -0.2) is 31.4 Å². The normalized spacial score (nSPS) is 14.2. The number of ether oxygens (including phenoxy) is 2. The van der Waals surface area contributed by atoms with E-state index in [2.05, 4.69) is 10.5 Å². The second-order valence-corrected chi connectivity index (χ2v) is 5.38. The summed E-state index contributed by atoms with van der Waals surface area (Å²) in [7, 11) is 0. The summed E-state index contributed by atoms with van der Waals surface area (Å²) in [5, 5.41) is 6.43. The van der Waals surface area contributed by atoms with Gasteiger partial charge >= 0.3 is 0 Å². The zero-order chi connectivity index (χ0) is 17.6. The van der Waals surface area contributed by atoms with Crippen molar-refractivity contribution in [3.8, 4) is 11.5 Å². The molecular weight excluding hydrogens is 327 g/mol. The first-order chi connectivity index (χ1) is 12.1. The van der Waals surface area contributed by atoms with Gasteiger partial charge in [0.15, 0.2) is 11.5 Å². The molecule has 1 aliphatic rings. The molecule has 0 bridgehead atoms. The lowest BCUT2D eigenvalue weighted by Crippen LogP contribution is -2.26. The Bertz CT molecular complexity index is 794. The number of amides is 1. The number of oxime groups is 1. The highest BCUT2D eigenvalue weighted by Gasteiger charge is 2.17. The second kappa shape index (κ2) is 7.65. The first kappa shape index (κ1) is 16.8. The van der Waals surface area contributed by atoms with Crippen molar-refractivity contribution in [3.63, 3.8) is 0 Å². The molecule has 0 radical (unpaired) electrons. The highest BCUT2D eigenvalue weighted by molar-refractivity contribution is 5.94. The van der Waals surface area contributed by atoms with Gasteiger partial charge in [-0.25, -0.2) is 4.39 Å². The third kappa shape index (κ3) is 4.47. The van der Waals surface area contributed by atoms with Gasteiger partial charge in [0.25, 0.3) is 5.91 Å². The predicted octanol–water partition coefficient (Wildman–Crippen LogP) is 2.97. The SMILES string of the molecule is C[C@@H](O/N=C\c1cccc(F)c1)C(=O)Nc1ccc2c(c1)OCCO2. The summed E-state index contributed by atoms with van der Waals surface area (Å²) in [5.74, 6) is 0.497. The van der Waals surface area contributed by atoms with E-state index in [0.717, 1.165) is 0 Å². The number of anilines is 1. The summed E-state index contributed by atoms with van der Waals surface area (Å²) >= 11 is 0. The van der Waals surface area contributed by atoms with Gasteiger partial charge in [0, 0.05) is 11.8 Å². The lowest BCUT2D eigenvalue weighted by atomic mass is 10.2. The number of carbonyl (C=O) groups excluding carboxylic acids is 1. The van der Waals surface area contributed by atoms with E-state index in [9.17, 15) is 9.18 Å². The summed E-state index contributed by atoms with van der Waals surface area (Å²) in [6, 6.07) is 11.0. The molecule has 25 heavy (non-hydrogen) atoms. The van der Waals surface area contributed by atoms with Crippen LogP contribution in [0.5, 0.6) is 11.5 Å². The molecule has 0 saturated heterocycles. The maximum absolute atomic E-state index is 13.1. The molecular formula is C18H17FN2O4. The van der Waals surface area contributed by atoms with Gasteiger partial charge in [-0.05, 0) is 36.8 Å². The number of carbonyl (C=O) groups is 1. The molecule has 2 aromatic rings. The van der Waals surface area contributed by atoms with Gasteiger partial charge in [-0.2, -0.15) is 0 Å². The first-order valence-corrected chi connectivity index (χ1v) is 7.77. The summed E-state index contributed by atoms with van der Waals surface area (Å²) in [5.41, 5.74) is 1.11. The third-order valence-corrected chi connectivity index (χ3v) is 3.45. The number of nitrogens with one attached hydrogen (secondary N) is 1. The first-order valence-electron chi connectivity index (χ1n) is 7.77. The van der Waals surface area contributed by atoms with Crippen LogP contribution in [-0.2, 0) is 9.63 Å². The Morgan fingerprint density at radius 3 is 2.84 bits per heavy atom. The molecule has 3 rings (SSSR count). The average Bonchev–Trinajstić information content (AvgIpc) is 2.61. The van der Waals surface area contributed by atoms with Crippen molar-refractivity contribution < 1.29 is 23.5 Å². The third-order valence-electron chi connectivity index (χ3n) is 3.45. The van der Waals surface area contributed by atoms with E-state index in [1.165, 1.54) is 18.3 Å². The minimum atomic E-state index is -0.821. The topological polar surface area (TPSA) is 69.2 Å². The van der Waals surface area contributed by atoms with E-state index in [1.807, 2.05) is 0 Å². The highest BCUT2D eigenvalue weighted by Crippen LogP contribution is 2.32. The molecule has 0 fully saturated rings.